The third kappa shape index (κ3) is 4.39. The van der Waals surface area contributed by atoms with Gasteiger partial charge in [-0.1, -0.05) is 53.7 Å². The summed E-state index contributed by atoms with van der Waals surface area (Å²) in [5, 5.41) is 0. The maximum absolute atomic E-state index is 5.10. The van der Waals surface area contributed by atoms with Gasteiger partial charge in [0.1, 0.15) is 17.2 Å². The van der Waals surface area contributed by atoms with Gasteiger partial charge in [-0.3, -0.25) is 0 Å². The number of rotatable bonds is 4. The standard InChI is InChI=1S/C29H37N4/c1-21(22-13-9-17-26(30-22)32-19-11-15-24(32)28(2,3)4)23-14-10-18-27(31(23)8)33-20-12-16-25(33)29(5,6)7/h9-21H,1-8H3/q+1. The minimum absolute atomic E-state index is 0.0507. The zero-order valence-corrected chi connectivity index (χ0v) is 21.3. The molecule has 0 amide bonds. The van der Waals surface area contributed by atoms with E-state index in [1.165, 1.54) is 17.1 Å². The van der Waals surface area contributed by atoms with Crippen molar-refractivity contribution in [3.8, 4) is 11.6 Å². The Morgan fingerprint density at radius 2 is 1.30 bits per heavy atom. The van der Waals surface area contributed by atoms with Crippen molar-refractivity contribution in [2.75, 3.05) is 0 Å². The molecule has 4 heteroatoms. The molecular formula is C29H37N4+. The van der Waals surface area contributed by atoms with Crippen LogP contribution in [-0.2, 0) is 17.9 Å². The zero-order chi connectivity index (χ0) is 24.0. The minimum Gasteiger partial charge on any atom is -0.305 e. The van der Waals surface area contributed by atoms with E-state index < -0.39 is 0 Å². The summed E-state index contributed by atoms with van der Waals surface area (Å²) in [6.45, 7) is 15.7. The molecule has 0 aromatic carbocycles. The number of aromatic nitrogens is 4. The smallest absolute Gasteiger partial charge is 0.286 e. The van der Waals surface area contributed by atoms with Crippen LogP contribution >= 0.6 is 0 Å². The first-order valence-electron chi connectivity index (χ1n) is 11.8. The molecule has 4 heterocycles. The van der Waals surface area contributed by atoms with Crippen LogP contribution < -0.4 is 4.57 Å². The summed E-state index contributed by atoms with van der Waals surface area (Å²) in [4.78, 5) is 5.10. The second-order valence-corrected chi connectivity index (χ2v) is 11.0. The van der Waals surface area contributed by atoms with E-state index >= 15 is 0 Å². The van der Waals surface area contributed by atoms with Crippen molar-refractivity contribution in [3.63, 3.8) is 0 Å². The summed E-state index contributed by atoms with van der Waals surface area (Å²) in [6.07, 6.45) is 4.27. The maximum atomic E-state index is 5.10. The van der Waals surface area contributed by atoms with Gasteiger partial charge in [0.05, 0.1) is 24.9 Å². The van der Waals surface area contributed by atoms with Crippen LogP contribution in [0, 0.1) is 0 Å². The average Bonchev–Trinajstić information content (AvgIpc) is 3.43. The third-order valence-corrected chi connectivity index (χ3v) is 6.41. The normalized spacial score (nSPS) is 13.3. The van der Waals surface area contributed by atoms with Gasteiger partial charge in [0.25, 0.3) is 5.82 Å². The molecule has 0 saturated carbocycles. The second kappa shape index (κ2) is 8.33. The van der Waals surface area contributed by atoms with E-state index in [4.69, 9.17) is 4.98 Å². The number of hydrogen-bond acceptors (Lipinski definition) is 1. The van der Waals surface area contributed by atoms with Crippen molar-refractivity contribution < 1.29 is 4.57 Å². The molecule has 4 aromatic rings. The van der Waals surface area contributed by atoms with Crippen LogP contribution in [0.4, 0.5) is 0 Å². The van der Waals surface area contributed by atoms with Gasteiger partial charge in [0.2, 0.25) is 0 Å². The number of pyridine rings is 2. The van der Waals surface area contributed by atoms with E-state index in [2.05, 4.69) is 142 Å². The molecule has 0 aliphatic heterocycles. The van der Waals surface area contributed by atoms with Crippen molar-refractivity contribution in [1.29, 1.82) is 0 Å². The summed E-state index contributed by atoms with van der Waals surface area (Å²) < 4.78 is 6.81. The van der Waals surface area contributed by atoms with Crippen LogP contribution in [0.1, 0.15) is 77.2 Å². The van der Waals surface area contributed by atoms with E-state index in [1.807, 2.05) is 0 Å². The van der Waals surface area contributed by atoms with Crippen LogP contribution in [0.25, 0.3) is 11.6 Å². The molecule has 0 aliphatic carbocycles. The second-order valence-electron chi connectivity index (χ2n) is 11.0. The molecule has 1 atom stereocenters. The highest BCUT2D eigenvalue weighted by atomic mass is 15.1. The molecule has 4 nitrogen and oxygen atoms in total. The van der Waals surface area contributed by atoms with Crippen molar-refractivity contribution in [3.05, 3.63) is 95.8 Å². The quantitative estimate of drug-likeness (QED) is 0.345. The van der Waals surface area contributed by atoms with Crippen LogP contribution in [0.2, 0.25) is 0 Å². The van der Waals surface area contributed by atoms with Crippen molar-refractivity contribution >= 4 is 0 Å². The predicted molar refractivity (Wildman–Crippen MR) is 135 cm³/mol. The molecule has 0 saturated heterocycles. The van der Waals surface area contributed by atoms with Gasteiger partial charge in [-0.05, 0) is 49.4 Å². The van der Waals surface area contributed by atoms with Gasteiger partial charge in [0, 0.05) is 28.8 Å². The Kier molecular flexibility index (Phi) is 5.81. The molecule has 172 valence electrons. The first-order valence-corrected chi connectivity index (χ1v) is 11.8. The van der Waals surface area contributed by atoms with Crippen LogP contribution in [0.15, 0.2) is 73.1 Å². The van der Waals surface area contributed by atoms with Crippen molar-refractivity contribution in [2.45, 2.75) is 65.2 Å². The van der Waals surface area contributed by atoms with E-state index in [9.17, 15) is 0 Å². The maximum Gasteiger partial charge on any atom is 0.286 e. The fourth-order valence-electron chi connectivity index (χ4n) is 4.62. The van der Waals surface area contributed by atoms with Gasteiger partial charge in [-0.2, -0.15) is 0 Å². The van der Waals surface area contributed by atoms with E-state index in [0.717, 1.165) is 17.3 Å². The lowest BCUT2D eigenvalue weighted by Crippen LogP contribution is -2.40. The monoisotopic (exact) mass is 441 g/mol. The SMILES string of the molecule is CC(c1cccc(-n2cccc2C(C)(C)C)n1)c1cccc(-n2cccc2C(C)(C)C)[n+]1C. The predicted octanol–water partition coefficient (Wildman–Crippen LogP) is 6.23. The van der Waals surface area contributed by atoms with E-state index in [-0.39, 0.29) is 16.7 Å². The molecular weight excluding hydrogens is 404 g/mol. The highest BCUT2D eigenvalue weighted by molar-refractivity contribution is 5.34. The molecule has 0 aliphatic rings. The Morgan fingerprint density at radius 3 is 1.94 bits per heavy atom. The highest BCUT2D eigenvalue weighted by Gasteiger charge is 2.27. The molecule has 1 unspecified atom stereocenters. The summed E-state index contributed by atoms with van der Waals surface area (Å²) in [7, 11) is 2.15. The summed E-state index contributed by atoms with van der Waals surface area (Å²) in [5.74, 6) is 2.27. The number of nitrogens with zero attached hydrogens (tertiary/aromatic N) is 4. The fraction of sp³-hybridized carbons (Fsp3) is 0.379. The molecule has 0 radical (unpaired) electrons. The molecule has 0 N–H and O–H groups in total. The van der Waals surface area contributed by atoms with E-state index in [1.54, 1.807) is 0 Å². The lowest BCUT2D eigenvalue weighted by Gasteiger charge is -2.22. The van der Waals surface area contributed by atoms with Gasteiger partial charge in [0.15, 0.2) is 0 Å². The lowest BCUT2D eigenvalue weighted by atomic mass is 9.92. The van der Waals surface area contributed by atoms with Gasteiger partial charge < -0.3 is 4.57 Å². The Morgan fingerprint density at radius 1 is 0.727 bits per heavy atom. The largest absolute Gasteiger partial charge is 0.305 e. The Hall–Kier alpha value is -3.14. The van der Waals surface area contributed by atoms with E-state index in [0.29, 0.717) is 0 Å². The van der Waals surface area contributed by atoms with Crippen molar-refractivity contribution in [2.24, 2.45) is 7.05 Å². The Balaban J connectivity index is 1.75. The fourth-order valence-corrected chi connectivity index (χ4v) is 4.62. The summed E-state index contributed by atoms with van der Waals surface area (Å²) in [6, 6.07) is 21.5. The van der Waals surface area contributed by atoms with Crippen LogP contribution in [-0.4, -0.2) is 14.1 Å². The lowest BCUT2D eigenvalue weighted by molar-refractivity contribution is -0.674. The van der Waals surface area contributed by atoms with Crippen LogP contribution in [0.5, 0.6) is 0 Å². The number of hydrogen-bond donors (Lipinski definition) is 0. The average molecular weight is 442 g/mol. The molecule has 0 fully saturated rings. The minimum atomic E-state index is 0.0507. The molecule has 33 heavy (non-hydrogen) atoms. The molecule has 0 bridgehead atoms. The molecule has 4 rings (SSSR count). The van der Waals surface area contributed by atoms with Crippen molar-refractivity contribution in [1.82, 2.24) is 14.1 Å². The van der Waals surface area contributed by atoms with Gasteiger partial charge in [-0.25, -0.2) is 14.1 Å². The molecule has 4 aromatic heterocycles. The highest BCUT2D eigenvalue weighted by Crippen LogP contribution is 2.28. The Bertz CT molecular complexity index is 1260. The first kappa shape index (κ1) is 23.0. The Labute approximate surface area is 198 Å². The summed E-state index contributed by atoms with van der Waals surface area (Å²) in [5.41, 5.74) is 4.97. The first-order chi connectivity index (χ1) is 15.5. The topological polar surface area (TPSA) is 26.6 Å². The van der Waals surface area contributed by atoms with Gasteiger partial charge >= 0.3 is 0 Å². The van der Waals surface area contributed by atoms with Gasteiger partial charge in [-0.15, -0.1) is 0 Å². The third-order valence-electron chi connectivity index (χ3n) is 6.41. The molecule has 0 spiro atoms. The zero-order valence-electron chi connectivity index (χ0n) is 21.3. The summed E-state index contributed by atoms with van der Waals surface area (Å²) >= 11 is 0. The van der Waals surface area contributed by atoms with Crippen LogP contribution in [0.3, 0.4) is 0 Å².